The molecule has 0 aromatic carbocycles. The third kappa shape index (κ3) is 2.38. The topological polar surface area (TPSA) is 13.1 Å². The Labute approximate surface area is 86.1 Å². The number of furan rings is 1. The van der Waals surface area contributed by atoms with Gasteiger partial charge in [-0.15, -0.1) is 0 Å². The van der Waals surface area contributed by atoms with Crippen molar-refractivity contribution in [1.82, 2.24) is 0 Å². The summed E-state index contributed by atoms with van der Waals surface area (Å²) in [7, 11) is 0. The molecule has 14 heavy (non-hydrogen) atoms. The van der Waals surface area contributed by atoms with E-state index in [1.165, 1.54) is 5.56 Å². The zero-order valence-electron chi connectivity index (χ0n) is 9.21. The van der Waals surface area contributed by atoms with Crippen molar-refractivity contribution in [2.45, 2.75) is 27.2 Å². The van der Waals surface area contributed by atoms with E-state index < -0.39 is 0 Å². The molecule has 0 spiro atoms. The Morgan fingerprint density at radius 2 is 2.29 bits per heavy atom. The van der Waals surface area contributed by atoms with Gasteiger partial charge in [-0.05, 0) is 24.5 Å². The lowest BCUT2D eigenvalue weighted by Crippen LogP contribution is -1.84. The molecule has 0 radical (unpaired) electrons. The highest BCUT2D eigenvalue weighted by atomic mass is 16.3. The first-order valence-corrected chi connectivity index (χ1v) is 5.07. The van der Waals surface area contributed by atoms with Crippen LogP contribution >= 0.6 is 0 Å². The first kappa shape index (κ1) is 10.8. The van der Waals surface area contributed by atoms with Crippen LogP contribution in [0, 0.1) is 12.8 Å². The number of aryl methyl sites for hydroxylation is 1. The van der Waals surface area contributed by atoms with E-state index in [-0.39, 0.29) is 0 Å². The van der Waals surface area contributed by atoms with Crippen LogP contribution in [0.25, 0.3) is 12.2 Å². The van der Waals surface area contributed by atoms with E-state index >= 15 is 0 Å². The van der Waals surface area contributed by atoms with E-state index in [0.29, 0.717) is 5.92 Å². The van der Waals surface area contributed by atoms with Crippen molar-refractivity contribution in [2.24, 2.45) is 5.92 Å². The molecule has 0 aliphatic heterocycles. The maximum atomic E-state index is 5.34. The number of hydrogen-bond donors (Lipinski definition) is 0. The van der Waals surface area contributed by atoms with Gasteiger partial charge in [-0.2, -0.15) is 0 Å². The van der Waals surface area contributed by atoms with Gasteiger partial charge in [-0.1, -0.05) is 39.0 Å². The van der Waals surface area contributed by atoms with Crippen LogP contribution in [-0.2, 0) is 0 Å². The van der Waals surface area contributed by atoms with Crippen LogP contribution in [0.3, 0.4) is 0 Å². The fraction of sp³-hybridized carbons (Fsp3) is 0.385. The summed E-state index contributed by atoms with van der Waals surface area (Å²) in [6, 6.07) is 0. The molecule has 1 unspecified atom stereocenters. The molecule has 0 aliphatic rings. The Morgan fingerprint density at radius 1 is 1.57 bits per heavy atom. The normalized spacial score (nSPS) is 13.4. The zero-order valence-corrected chi connectivity index (χ0v) is 9.21. The van der Waals surface area contributed by atoms with Gasteiger partial charge in [0.25, 0.3) is 0 Å². The van der Waals surface area contributed by atoms with Gasteiger partial charge in [0, 0.05) is 5.56 Å². The lowest BCUT2D eigenvalue weighted by Gasteiger charge is -1.99. The maximum absolute atomic E-state index is 5.34. The summed E-state index contributed by atoms with van der Waals surface area (Å²) in [6.45, 7) is 10.2. The number of hydrogen-bond acceptors (Lipinski definition) is 1. The minimum Gasteiger partial charge on any atom is -0.464 e. The van der Waals surface area contributed by atoms with E-state index in [4.69, 9.17) is 4.42 Å². The van der Waals surface area contributed by atoms with Gasteiger partial charge in [0.1, 0.15) is 5.76 Å². The molecular weight excluding hydrogens is 172 g/mol. The zero-order chi connectivity index (χ0) is 10.6. The molecule has 0 saturated heterocycles. The molecule has 0 saturated carbocycles. The van der Waals surface area contributed by atoms with Crippen LogP contribution in [0.5, 0.6) is 0 Å². The molecule has 1 nitrogen and oxygen atoms in total. The summed E-state index contributed by atoms with van der Waals surface area (Å²) < 4.78 is 5.34. The first-order valence-electron chi connectivity index (χ1n) is 5.07. The van der Waals surface area contributed by atoms with Crippen LogP contribution in [0.4, 0.5) is 0 Å². The fourth-order valence-corrected chi connectivity index (χ4v) is 1.24. The lowest BCUT2D eigenvalue weighted by molar-refractivity contribution is 0.555. The van der Waals surface area contributed by atoms with Crippen LogP contribution in [0.15, 0.2) is 23.3 Å². The van der Waals surface area contributed by atoms with Crippen LogP contribution in [0.1, 0.15) is 37.2 Å². The van der Waals surface area contributed by atoms with Crippen LogP contribution in [0.2, 0.25) is 0 Å². The molecular formula is C13H18O. The highest BCUT2D eigenvalue weighted by Gasteiger charge is 2.04. The third-order valence-electron chi connectivity index (χ3n) is 2.47. The number of allylic oxidation sites excluding steroid dienone is 1. The fourth-order valence-electron chi connectivity index (χ4n) is 1.24. The highest BCUT2D eigenvalue weighted by molar-refractivity contribution is 5.63. The quantitative estimate of drug-likeness (QED) is 0.690. The van der Waals surface area contributed by atoms with E-state index in [2.05, 4.69) is 32.6 Å². The summed E-state index contributed by atoms with van der Waals surface area (Å²) in [6.07, 6.45) is 9.03. The van der Waals surface area contributed by atoms with Gasteiger partial charge < -0.3 is 4.42 Å². The van der Waals surface area contributed by atoms with Gasteiger partial charge in [-0.25, -0.2) is 0 Å². The predicted molar refractivity (Wildman–Crippen MR) is 62.0 cm³/mol. The summed E-state index contributed by atoms with van der Waals surface area (Å²) >= 11 is 0. The van der Waals surface area contributed by atoms with Gasteiger partial charge in [0.05, 0.1) is 6.26 Å². The molecule has 1 heterocycles. The Hall–Kier alpha value is -1.24. The van der Waals surface area contributed by atoms with E-state index in [9.17, 15) is 0 Å². The molecule has 1 aromatic rings. The SMILES string of the molecule is C=Cc1occ(C)c1/C=C\C(C)CC. The van der Waals surface area contributed by atoms with Crippen molar-refractivity contribution < 1.29 is 4.42 Å². The van der Waals surface area contributed by atoms with E-state index in [1.54, 1.807) is 12.3 Å². The van der Waals surface area contributed by atoms with Gasteiger partial charge >= 0.3 is 0 Å². The Kier molecular flexibility index (Phi) is 3.75. The maximum Gasteiger partial charge on any atom is 0.133 e. The van der Waals surface area contributed by atoms with Gasteiger partial charge in [-0.3, -0.25) is 0 Å². The molecule has 1 heteroatoms. The first-order chi connectivity index (χ1) is 6.69. The summed E-state index contributed by atoms with van der Waals surface area (Å²) in [5, 5.41) is 0. The minimum absolute atomic E-state index is 0.613. The summed E-state index contributed by atoms with van der Waals surface area (Å²) in [4.78, 5) is 0. The van der Waals surface area contributed by atoms with Crippen LogP contribution in [-0.4, -0.2) is 0 Å². The van der Waals surface area contributed by atoms with Crippen LogP contribution < -0.4 is 0 Å². The van der Waals surface area contributed by atoms with Crippen molar-refractivity contribution in [3.8, 4) is 0 Å². The molecule has 0 N–H and O–H groups in total. The van der Waals surface area contributed by atoms with Crippen molar-refractivity contribution >= 4 is 12.2 Å². The summed E-state index contributed by atoms with van der Waals surface area (Å²) in [5.41, 5.74) is 2.32. The molecule has 0 aliphatic carbocycles. The van der Waals surface area contributed by atoms with Crippen molar-refractivity contribution in [1.29, 1.82) is 0 Å². The predicted octanol–water partition coefficient (Wildman–Crippen LogP) is 4.29. The molecule has 0 amide bonds. The average Bonchev–Trinajstić information content (AvgIpc) is 2.55. The molecule has 0 bridgehead atoms. The molecule has 0 fully saturated rings. The Bertz CT molecular complexity index is 331. The molecule has 1 rings (SSSR count). The van der Waals surface area contributed by atoms with Crippen molar-refractivity contribution in [2.75, 3.05) is 0 Å². The van der Waals surface area contributed by atoms with Gasteiger partial charge in [0.15, 0.2) is 0 Å². The second-order valence-electron chi connectivity index (χ2n) is 3.65. The Morgan fingerprint density at radius 3 is 2.86 bits per heavy atom. The highest BCUT2D eigenvalue weighted by Crippen LogP contribution is 2.20. The van der Waals surface area contributed by atoms with Gasteiger partial charge in [0.2, 0.25) is 0 Å². The monoisotopic (exact) mass is 190 g/mol. The molecule has 1 atom stereocenters. The average molecular weight is 190 g/mol. The minimum atomic E-state index is 0.613. The Balaban J connectivity index is 2.89. The second-order valence-corrected chi connectivity index (χ2v) is 3.65. The van der Waals surface area contributed by atoms with Crippen molar-refractivity contribution in [3.63, 3.8) is 0 Å². The second kappa shape index (κ2) is 4.85. The molecule has 76 valence electrons. The standard InChI is InChI=1S/C13H18O/c1-5-10(3)7-8-12-11(4)9-14-13(12)6-2/h6-10H,2,5H2,1,3-4H3/b8-7-. The lowest BCUT2D eigenvalue weighted by atomic mass is 10.1. The smallest absolute Gasteiger partial charge is 0.133 e. The molecule has 1 aromatic heterocycles. The van der Waals surface area contributed by atoms with E-state index in [1.807, 2.05) is 6.92 Å². The largest absolute Gasteiger partial charge is 0.464 e. The van der Waals surface area contributed by atoms with Crippen molar-refractivity contribution in [3.05, 3.63) is 35.8 Å². The van der Waals surface area contributed by atoms with E-state index in [0.717, 1.165) is 17.7 Å². The number of rotatable bonds is 4. The summed E-state index contributed by atoms with van der Waals surface area (Å²) in [5.74, 6) is 1.48. The third-order valence-corrected chi connectivity index (χ3v) is 2.47.